The van der Waals surface area contributed by atoms with Gasteiger partial charge in [-0.15, -0.1) is 0 Å². The lowest BCUT2D eigenvalue weighted by Crippen LogP contribution is -2.30. The molecule has 0 aromatic heterocycles. The van der Waals surface area contributed by atoms with Gasteiger partial charge < -0.3 is 19.5 Å². The van der Waals surface area contributed by atoms with Crippen molar-refractivity contribution in [2.24, 2.45) is 0 Å². The molecule has 0 aliphatic carbocycles. The summed E-state index contributed by atoms with van der Waals surface area (Å²) in [5, 5.41) is 2.29. The number of fused-ring (bicyclic) bond motifs is 1. The summed E-state index contributed by atoms with van der Waals surface area (Å²) in [6.07, 6.45) is -5.75. The van der Waals surface area contributed by atoms with Crippen molar-refractivity contribution in [3.05, 3.63) is 53.6 Å². The fourth-order valence-corrected chi connectivity index (χ4v) is 2.32. The number of carbonyl (C=O) groups excluding carboxylic acids is 2. The number of alkyl halides is 3. The van der Waals surface area contributed by atoms with Crippen LogP contribution in [0.15, 0.2) is 42.5 Å². The minimum Gasteiger partial charge on any atom is -0.454 e. The molecular formula is C18H14F3NO5. The standard InChI is InChI=1S/C18H14F3NO5/c1-10(16(23)22-13-4-2-3-12(8-13)18(19,20)21)27-17(24)11-5-6-14-15(7-11)26-9-25-14/h2-8,10H,9H2,1H3,(H,22,23)/t10-/m1/s1. The van der Waals surface area contributed by atoms with Crippen LogP contribution in [-0.2, 0) is 15.7 Å². The normalized spacial score (nSPS) is 13.8. The lowest BCUT2D eigenvalue weighted by Gasteiger charge is -2.14. The van der Waals surface area contributed by atoms with Gasteiger partial charge in [0.2, 0.25) is 6.79 Å². The molecule has 0 fully saturated rings. The molecule has 1 N–H and O–H groups in total. The van der Waals surface area contributed by atoms with E-state index in [1.807, 2.05) is 0 Å². The third-order valence-electron chi connectivity index (χ3n) is 3.72. The highest BCUT2D eigenvalue weighted by atomic mass is 19.4. The highest BCUT2D eigenvalue weighted by Crippen LogP contribution is 2.33. The van der Waals surface area contributed by atoms with E-state index in [1.54, 1.807) is 0 Å². The number of amides is 1. The second-order valence-electron chi connectivity index (χ2n) is 5.68. The van der Waals surface area contributed by atoms with Gasteiger partial charge in [-0.2, -0.15) is 13.2 Å². The van der Waals surface area contributed by atoms with Crippen molar-refractivity contribution in [3.63, 3.8) is 0 Å². The van der Waals surface area contributed by atoms with Gasteiger partial charge in [-0.3, -0.25) is 4.79 Å². The Morgan fingerprint density at radius 2 is 1.85 bits per heavy atom. The number of carbonyl (C=O) groups is 2. The van der Waals surface area contributed by atoms with Crippen molar-refractivity contribution in [3.8, 4) is 11.5 Å². The van der Waals surface area contributed by atoms with Crippen molar-refractivity contribution in [1.82, 2.24) is 0 Å². The highest BCUT2D eigenvalue weighted by molar-refractivity contribution is 5.97. The SMILES string of the molecule is C[C@@H](OC(=O)c1ccc2c(c1)OCO2)C(=O)Nc1cccc(C(F)(F)F)c1. The predicted molar refractivity (Wildman–Crippen MR) is 87.5 cm³/mol. The Morgan fingerprint density at radius 3 is 2.59 bits per heavy atom. The average Bonchev–Trinajstić information content (AvgIpc) is 3.08. The molecule has 1 aliphatic heterocycles. The molecule has 6 nitrogen and oxygen atoms in total. The first-order chi connectivity index (χ1) is 12.7. The van der Waals surface area contributed by atoms with E-state index in [9.17, 15) is 22.8 Å². The zero-order valence-electron chi connectivity index (χ0n) is 14.0. The Labute approximate surface area is 151 Å². The smallest absolute Gasteiger partial charge is 0.416 e. The van der Waals surface area contributed by atoms with E-state index in [2.05, 4.69) is 5.32 Å². The molecule has 2 aromatic rings. The van der Waals surface area contributed by atoms with Crippen LogP contribution in [0.25, 0.3) is 0 Å². The van der Waals surface area contributed by atoms with Crippen LogP contribution in [0.2, 0.25) is 0 Å². The average molecular weight is 381 g/mol. The zero-order chi connectivity index (χ0) is 19.6. The van der Waals surface area contributed by atoms with Gasteiger partial charge in [-0.05, 0) is 43.3 Å². The van der Waals surface area contributed by atoms with Crippen LogP contribution in [0.1, 0.15) is 22.8 Å². The summed E-state index contributed by atoms with van der Waals surface area (Å²) in [6.45, 7) is 1.36. The van der Waals surface area contributed by atoms with E-state index in [1.165, 1.54) is 37.3 Å². The number of rotatable bonds is 4. The van der Waals surface area contributed by atoms with Crippen molar-refractivity contribution in [2.45, 2.75) is 19.2 Å². The second kappa shape index (κ2) is 7.18. The Morgan fingerprint density at radius 1 is 1.11 bits per heavy atom. The first-order valence-corrected chi connectivity index (χ1v) is 7.83. The molecule has 3 rings (SSSR count). The van der Waals surface area contributed by atoms with Crippen LogP contribution in [0.5, 0.6) is 11.5 Å². The Hall–Kier alpha value is -3.23. The number of esters is 1. The monoisotopic (exact) mass is 381 g/mol. The number of benzene rings is 2. The van der Waals surface area contributed by atoms with Gasteiger partial charge in [0.15, 0.2) is 17.6 Å². The van der Waals surface area contributed by atoms with Gasteiger partial charge in [0.1, 0.15) is 0 Å². The maximum Gasteiger partial charge on any atom is 0.416 e. The van der Waals surface area contributed by atoms with Gasteiger partial charge in [0, 0.05) is 5.69 Å². The van der Waals surface area contributed by atoms with Crippen LogP contribution >= 0.6 is 0 Å². The first kappa shape index (κ1) is 18.6. The zero-order valence-corrected chi connectivity index (χ0v) is 14.0. The molecule has 0 saturated heterocycles. The van der Waals surface area contributed by atoms with E-state index < -0.39 is 29.7 Å². The lowest BCUT2D eigenvalue weighted by molar-refractivity contribution is -0.137. The molecule has 1 amide bonds. The van der Waals surface area contributed by atoms with Gasteiger partial charge in [0.05, 0.1) is 11.1 Å². The third-order valence-corrected chi connectivity index (χ3v) is 3.72. The topological polar surface area (TPSA) is 73.9 Å². The molecular weight excluding hydrogens is 367 g/mol. The molecule has 0 radical (unpaired) electrons. The van der Waals surface area contributed by atoms with Crippen LogP contribution < -0.4 is 14.8 Å². The summed E-state index contributed by atoms with van der Waals surface area (Å²) in [7, 11) is 0. The van der Waals surface area contributed by atoms with E-state index in [4.69, 9.17) is 14.2 Å². The number of hydrogen-bond acceptors (Lipinski definition) is 5. The van der Waals surface area contributed by atoms with Crippen LogP contribution in [0.4, 0.5) is 18.9 Å². The summed E-state index contributed by atoms with van der Waals surface area (Å²) >= 11 is 0. The summed E-state index contributed by atoms with van der Waals surface area (Å²) in [5.74, 6) is -0.671. The number of hydrogen-bond donors (Lipinski definition) is 1. The molecule has 0 saturated carbocycles. The molecule has 9 heteroatoms. The van der Waals surface area contributed by atoms with E-state index in [-0.39, 0.29) is 18.0 Å². The minimum absolute atomic E-state index is 0.0453. The third kappa shape index (κ3) is 4.30. The summed E-state index contributed by atoms with van der Waals surface area (Å²) < 4.78 is 53.5. The molecule has 1 atom stereocenters. The fraction of sp³-hybridized carbons (Fsp3) is 0.222. The fourth-order valence-electron chi connectivity index (χ4n) is 2.32. The summed E-state index contributed by atoms with van der Waals surface area (Å²) in [4.78, 5) is 24.3. The Balaban J connectivity index is 1.63. The first-order valence-electron chi connectivity index (χ1n) is 7.83. The van der Waals surface area contributed by atoms with E-state index in [0.29, 0.717) is 11.5 Å². The second-order valence-corrected chi connectivity index (χ2v) is 5.68. The predicted octanol–water partition coefficient (Wildman–Crippen LogP) is 3.62. The maximum absolute atomic E-state index is 12.7. The van der Waals surface area contributed by atoms with E-state index >= 15 is 0 Å². The molecule has 0 bridgehead atoms. The molecule has 0 unspecified atom stereocenters. The highest BCUT2D eigenvalue weighted by Gasteiger charge is 2.30. The van der Waals surface area contributed by atoms with Crippen LogP contribution in [0, 0.1) is 0 Å². The quantitative estimate of drug-likeness (QED) is 0.819. The Bertz CT molecular complexity index is 882. The molecule has 2 aromatic carbocycles. The van der Waals surface area contributed by atoms with Gasteiger partial charge in [-0.25, -0.2) is 4.79 Å². The van der Waals surface area contributed by atoms with Crippen molar-refractivity contribution in [1.29, 1.82) is 0 Å². The van der Waals surface area contributed by atoms with Crippen molar-refractivity contribution < 1.29 is 37.0 Å². The van der Waals surface area contributed by atoms with Crippen LogP contribution in [-0.4, -0.2) is 24.8 Å². The Kier molecular flexibility index (Phi) is 4.93. The molecule has 1 aliphatic rings. The number of nitrogens with one attached hydrogen (secondary N) is 1. The van der Waals surface area contributed by atoms with Gasteiger partial charge in [-0.1, -0.05) is 6.07 Å². The number of ether oxygens (including phenoxy) is 3. The summed E-state index contributed by atoms with van der Waals surface area (Å²) in [5.41, 5.74) is -0.802. The largest absolute Gasteiger partial charge is 0.454 e. The molecule has 1 heterocycles. The van der Waals surface area contributed by atoms with Crippen LogP contribution in [0.3, 0.4) is 0 Å². The number of anilines is 1. The molecule has 27 heavy (non-hydrogen) atoms. The molecule has 142 valence electrons. The van der Waals surface area contributed by atoms with E-state index in [0.717, 1.165) is 12.1 Å². The lowest BCUT2D eigenvalue weighted by atomic mass is 10.2. The van der Waals surface area contributed by atoms with Crippen molar-refractivity contribution >= 4 is 17.6 Å². The number of halogens is 3. The van der Waals surface area contributed by atoms with Crippen molar-refractivity contribution in [2.75, 3.05) is 12.1 Å². The minimum atomic E-state index is -4.53. The molecule has 0 spiro atoms. The van der Waals surface area contributed by atoms with Gasteiger partial charge >= 0.3 is 12.1 Å². The van der Waals surface area contributed by atoms with Gasteiger partial charge in [0.25, 0.3) is 5.91 Å². The maximum atomic E-state index is 12.7. The summed E-state index contributed by atoms with van der Waals surface area (Å²) in [6, 6.07) is 8.56.